The summed E-state index contributed by atoms with van der Waals surface area (Å²) in [6.45, 7) is 5.17. The van der Waals surface area contributed by atoms with Gasteiger partial charge in [0.05, 0.1) is 0 Å². The third-order valence-corrected chi connectivity index (χ3v) is 6.15. The highest BCUT2D eigenvalue weighted by atomic mass is 16.2. The molecule has 1 saturated heterocycles. The molecule has 1 aromatic carbocycles. The van der Waals surface area contributed by atoms with Crippen molar-refractivity contribution in [3.63, 3.8) is 0 Å². The van der Waals surface area contributed by atoms with E-state index in [0.29, 0.717) is 19.0 Å². The van der Waals surface area contributed by atoms with E-state index >= 15 is 0 Å². The van der Waals surface area contributed by atoms with Crippen LogP contribution in [0.15, 0.2) is 29.3 Å². The Morgan fingerprint density at radius 3 is 2.72 bits per heavy atom. The number of aliphatic imine (C=N–C) groups is 1. The molecule has 6 nitrogen and oxygen atoms in total. The Hall–Kier alpha value is -2.37. The molecule has 3 amide bonds. The summed E-state index contributed by atoms with van der Waals surface area (Å²) in [5.74, 6) is 1.37. The molecule has 1 aliphatic carbocycles. The first-order chi connectivity index (χ1) is 11.9. The lowest BCUT2D eigenvalue weighted by Crippen LogP contribution is -2.46. The number of likely N-dealkylation sites (tertiary alicyclic amines) is 1. The number of amides is 3. The minimum atomic E-state index is -0.638. The summed E-state index contributed by atoms with van der Waals surface area (Å²) in [4.78, 5) is 33.7. The van der Waals surface area contributed by atoms with Gasteiger partial charge >= 0.3 is 6.03 Å². The van der Waals surface area contributed by atoms with Crippen LogP contribution in [-0.4, -0.2) is 53.2 Å². The van der Waals surface area contributed by atoms with E-state index in [0.717, 1.165) is 29.9 Å². The third kappa shape index (κ3) is 2.34. The summed E-state index contributed by atoms with van der Waals surface area (Å²) in [6.07, 6.45) is 1.76. The van der Waals surface area contributed by atoms with E-state index in [-0.39, 0.29) is 17.9 Å². The van der Waals surface area contributed by atoms with Crippen LogP contribution in [0.25, 0.3) is 0 Å². The molecule has 2 aliphatic heterocycles. The number of hydrogen-bond donors (Lipinski definition) is 1. The number of benzene rings is 1. The summed E-state index contributed by atoms with van der Waals surface area (Å²) >= 11 is 0. The number of para-hydroxylation sites is 1. The van der Waals surface area contributed by atoms with Crippen molar-refractivity contribution in [3.8, 4) is 0 Å². The number of carbonyl (C=O) groups is 2. The molecule has 3 aliphatic rings. The van der Waals surface area contributed by atoms with E-state index in [1.54, 1.807) is 11.9 Å². The number of nitrogens with one attached hydrogen (secondary N) is 1. The van der Waals surface area contributed by atoms with Crippen LogP contribution in [0.2, 0.25) is 0 Å². The predicted molar refractivity (Wildman–Crippen MR) is 96.6 cm³/mol. The van der Waals surface area contributed by atoms with Gasteiger partial charge in [-0.05, 0) is 44.2 Å². The number of fused-ring (bicyclic) bond motifs is 2. The maximum Gasteiger partial charge on any atom is 0.321 e. The van der Waals surface area contributed by atoms with Crippen molar-refractivity contribution in [2.24, 2.45) is 16.8 Å². The monoisotopic (exact) mass is 340 g/mol. The Morgan fingerprint density at radius 2 is 2.04 bits per heavy atom. The Morgan fingerprint density at radius 1 is 1.28 bits per heavy atom. The van der Waals surface area contributed by atoms with Crippen molar-refractivity contribution in [1.29, 1.82) is 0 Å². The predicted octanol–water partition coefficient (Wildman–Crippen LogP) is 2.50. The average molecular weight is 340 g/mol. The van der Waals surface area contributed by atoms with E-state index in [9.17, 15) is 9.59 Å². The Labute approximate surface area is 147 Å². The summed E-state index contributed by atoms with van der Waals surface area (Å²) < 4.78 is 0. The first-order valence-corrected chi connectivity index (χ1v) is 8.88. The van der Waals surface area contributed by atoms with Crippen molar-refractivity contribution >= 4 is 23.5 Å². The van der Waals surface area contributed by atoms with Crippen LogP contribution in [0.1, 0.15) is 25.3 Å². The summed E-state index contributed by atoms with van der Waals surface area (Å²) in [7, 11) is 1.79. The first-order valence-electron chi connectivity index (χ1n) is 8.88. The van der Waals surface area contributed by atoms with E-state index in [2.05, 4.69) is 5.32 Å². The number of urea groups is 1. The lowest BCUT2D eigenvalue weighted by atomic mass is 9.85. The molecular formula is C19H24N4O2. The molecule has 0 aromatic heterocycles. The lowest BCUT2D eigenvalue weighted by molar-refractivity contribution is -0.131. The smallest absolute Gasteiger partial charge is 0.321 e. The number of likely N-dealkylation sites (N-methyl/N-ethyl adjacent to an activating group) is 1. The molecular weight excluding hydrogens is 316 g/mol. The number of carbonyl (C=O) groups excluding carboxylic acids is 2. The number of aryl methyl sites for hydroxylation is 1. The molecule has 6 heteroatoms. The zero-order valence-electron chi connectivity index (χ0n) is 15.0. The number of anilines is 1. The van der Waals surface area contributed by atoms with E-state index in [1.165, 1.54) is 0 Å². The van der Waals surface area contributed by atoms with Crippen molar-refractivity contribution in [2.75, 3.05) is 25.5 Å². The van der Waals surface area contributed by atoms with Crippen LogP contribution in [0.5, 0.6) is 0 Å². The zero-order valence-corrected chi connectivity index (χ0v) is 15.0. The van der Waals surface area contributed by atoms with Gasteiger partial charge in [-0.25, -0.2) is 4.79 Å². The molecule has 0 radical (unpaired) electrons. The van der Waals surface area contributed by atoms with Gasteiger partial charge in [-0.15, -0.1) is 0 Å². The second kappa shape index (κ2) is 5.58. The molecule has 0 bridgehead atoms. The first kappa shape index (κ1) is 16.1. The van der Waals surface area contributed by atoms with Crippen LogP contribution in [-0.2, 0) is 4.79 Å². The molecule has 132 valence electrons. The highest BCUT2D eigenvalue weighted by Crippen LogP contribution is 2.50. The Kier molecular flexibility index (Phi) is 3.60. The van der Waals surface area contributed by atoms with Crippen LogP contribution in [0, 0.1) is 18.8 Å². The normalized spacial score (nSPS) is 30.8. The standard InChI is InChI=1S/C19H24N4O2/c1-12-6-4-5-7-16(12)20-18(25)23-10-14-8-9-19(15(14)11-23)17(24)22(3)13(2)21-19/h4-7,14-15H,8-11H2,1-3H3,(H,20,25)/t14-,15+,19-/m0/s1. The van der Waals surface area contributed by atoms with Gasteiger partial charge in [-0.3, -0.25) is 9.79 Å². The van der Waals surface area contributed by atoms with Crippen molar-refractivity contribution in [1.82, 2.24) is 9.80 Å². The van der Waals surface area contributed by atoms with Crippen LogP contribution >= 0.6 is 0 Å². The summed E-state index contributed by atoms with van der Waals surface area (Å²) in [5.41, 5.74) is 1.24. The van der Waals surface area contributed by atoms with Gasteiger partial charge in [0.1, 0.15) is 11.4 Å². The molecule has 1 saturated carbocycles. The molecule has 3 atom stereocenters. The lowest BCUT2D eigenvalue weighted by Gasteiger charge is -2.27. The molecule has 1 N–H and O–H groups in total. The topological polar surface area (TPSA) is 65.0 Å². The quantitative estimate of drug-likeness (QED) is 0.854. The Balaban J connectivity index is 1.51. The summed E-state index contributed by atoms with van der Waals surface area (Å²) in [6, 6.07) is 7.68. The average Bonchev–Trinajstić information content (AvgIpc) is 3.22. The number of nitrogens with zero attached hydrogens (tertiary/aromatic N) is 3. The molecule has 25 heavy (non-hydrogen) atoms. The number of hydrogen-bond acceptors (Lipinski definition) is 3. The maximum absolute atomic E-state index is 12.8. The van der Waals surface area contributed by atoms with Gasteiger partial charge in [-0.1, -0.05) is 18.2 Å². The van der Waals surface area contributed by atoms with Gasteiger partial charge in [0, 0.05) is 31.7 Å². The second-order valence-electron chi connectivity index (χ2n) is 7.50. The highest BCUT2D eigenvalue weighted by Gasteiger charge is 2.60. The summed E-state index contributed by atoms with van der Waals surface area (Å²) in [5, 5.41) is 3.01. The van der Waals surface area contributed by atoms with Crippen LogP contribution < -0.4 is 5.32 Å². The minimum absolute atomic E-state index is 0.0849. The number of amidine groups is 1. The second-order valence-corrected chi connectivity index (χ2v) is 7.50. The van der Waals surface area contributed by atoms with Gasteiger partial charge in [-0.2, -0.15) is 0 Å². The number of rotatable bonds is 1. The molecule has 2 heterocycles. The van der Waals surface area contributed by atoms with Crippen LogP contribution in [0.4, 0.5) is 10.5 Å². The molecule has 1 spiro atoms. The van der Waals surface area contributed by atoms with Gasteiger partial charge in [0.25, 0.3) is 5.91 Å². The molecule has 0 unspecified atom stereocenters. The zero-order chi connectivity index (χ0) is 17.8. The molecule has 1 aromatic rings. The minimum Gasteiger partial charge on any atom is -0.324 e. The maximum atomic E-state index is 12.8. The Bertz CT molecular complexity index is 774. The van der Waals surface area contributed by atoms with Crippen molar-refractivity contribution < 1.29 is 9.59 Å². The fraction of sp³-hybridized carbons (Fsp3) is 0.526. The fourth-order valence-electron chi connectivity index (χ4n) is 4.62. The van der Waals surface area contributed by atoms with Crippen molar-refractivity contribution in [3.05, 3.63) is 29.8 Å². The van der Waals surface area contributed by atoms with E-state index in [1.807, 2.05) is 43.0 Å². The largest absolute Gasteiger partial charge is 0.324 e. The van der Waals surface area contributed by atoms with Crippen LogP contribution in [0.3, 0.4) is 0 Å². The molecule has 4 rings (SSSR count). The highest BCUT2D eigenvalue weighted by molar-refractivity contribution is 6.07. The van der Waals surface area contributed by atoms with Gasteiger partial charge < -0.3 is 15.1 Å². The third-order valence-electron chi connectivity index (χ3n) is 6.15. The van der Waals surface area contributed by atoms with E-state index in [4.69, 9.17) is 4.99 Å². The van der Waals surface area contributed by atoms with Crippen molar-refractivity contribution in [2.45, 2.75) is 32.2 Å². The van der Waals surface area contributed by atoms with E-state index < -0.39 is 5.54 Å². The fourth-order valence-corrected chi connectivity index (χ4v) is 4.62. The van der Waals surface area contributed by atoms with Gasteiger partial charge in [0.2, 0.25) is 0 Å². The van der Waals surface area contributed by atoms with Gasteiger partial charge in [0.15, 0.2) is 0 Å². The SMILES string of the molecule is CC1=N[C@]2(CC[C@H]3CN(C(=O)Nc4ccccc4C)C[C@H]32)C(=O)N1C. The molecule has 2 fully saturated rings.